The van der Waals surface area contributed by atoms with E-state index < -0.39 is 6.04 Å². The van der Waals surface area contributed by atoms with Gasteiger partial charge in [-0.15, -0.1) is 0 Å². The van der Waals surface area contributed by atoms with Gasteiger partial charge in [-0.3, -0.25) is 14.5 Å². The second-order valence-electron chi connectivity index (χ2n) is 6.37. The first-order chi connectivity index (χ1) is 13.0. The Bertz CT molecular complexity index is 850. The highest BCUT2D eigenvalue weighted by Gasteiger charge is 2.36. The normalized spacial score (nSPS) is 15.2. The van der Waals surface area contributed by atoms with E-state index >= 15 is 0 Å². The molecule has 0 aliphatic carbocycles. The van der Waals surface area contributed by atoms with Crippen LogP contribution in [-0.4, -0.2) is 31.6 Å². The standard InChI is InChI=1S/C21H24N2O4/c1-4-27-19-10-9-15(11-20(19)26-3)13-22-21(25)18-12-16-7-5-6-8-17(16)23(18)14(2)24/h5-11,18H,4,12-13H2,1-3H3,(H,22,25). The van der Waals surface area contributed by atoms with Crippen molar-refractivity contribution >= 4 is 17.5 Å². The average molecular weight is 368 g/mol. The molecule has 0 spiro atoms. The van der Waals surface area contributed by atoms with Gasteiger partial charge >= 0.3 is 0 Å². The zero-order valence-electron chi connectivity index (χ0n) is 15.8. The van der Waals surface area contributed by atoms with Crippen LogP contribution in [0.4, 0.5) is 5.69 Å². The van der Waals surface area contributed by atoms with E-state index in [-0.39, 0.29) is 11.8 Å². The van der Waals surface area contributed by atoms with Crippen molar-refractivity contribution in [3.63, 3.8) is 0 Å². The van der Waals surface area contributed by atoms with Crippen LogP contribution in [0.5, 0.6) is 11.5 Å². The van der Waals surface area contributed by atoms with Crippen molar-refractivity contribution in [1.29, 1.82) is 0 Å². The fraction of sp³-hybridized carbons (Fsp3) is 0.333. The molecule has 3 rings (SSSR count). The first-order valence-corrected chi connectivity index (χ1v) is 9.00. The molecule has 2 aromatic carbocycles. The number of nitrogens with one attached hydrogen (secondary N) is 1. The molecule has 6 heteroatoms. The van der Waals surface area contributed by atoms with Crippen LogP contribution in [-0.2, 0) is 22.6 Å². The maximum atomic E-state index is 12.8. The van der Waals surface area contributed by atoms with E-state index in [4.69, 9.17) is 9.47 Å². The number of hydrogen-bond donors (Lipinski definition) is 1. The molecule has 1 aliphatic heterocycles. The van der Waals surface area contributed by atoms with E-state index in [1.807, 2.05) is 49.4 Å². The van der Waals surface area contributed by atoms with Gasteiger partial charge in [0, 0.05) is 25.6 Å². The van der Waals surface area contributed by atoms with Crippen LogP contribution in [0.1, 0.15) is 25.0 Å². The van der Waals surface area contributed by atoms with Crippen LogP contribution in [0.15, 0.2) is 42.5 Å². The van der Waals surface area contributed by atoms with Crippen molar-refractivity contribution in [3.8, 4) is 11.5 Å². The van der Waals surface area contributed by atoms with Crippen LogP contribution in [0, 0.1) is 0 Å². The molecule has 2 aromatic rings. The Morgan fingerprint density at radius 3 is 2.67 bits per heavy atom. The molecule has 1 unspecified atom stereocenters. The van der Waals surface area contributed by atoms with Gasteiger partial charge < -0.3 is 14.8 Å². The summed E-state index contributed by atoms with van der Waals surface area (Å²) >= 11 is 0. The molecular formula is C21H24N2O4. The van der Waals surface area contributed by atoms with E-state index in [9.17, 15) is 9.59 Å². The Morgan fingerprint density at radius 2 is 1.96 bits per heavy atom. The summed E-state index contributed by atoms with van der Waals surface area (Å²) in [4.78, 5) is 26.4. The molecule has 1 aliphatic rings. The van der Waals surface area contributed by atoms with Crippen LogP contribution in [0.2, 0.25) is 0 Å². The summed E-state index contributed by atoms with van der Waals surface area (Å²) in [5.74, 6) is 0.989. The number of anilines is 1. The van der Waals surface area contributed by atoms with Gasteiger partial charge in [-0.05, 0) is 36.2 Å². The third-order valence-corrected chi connectivity index (χ3v) is 4.61. The number of hydrogen-bond acceptors (Lipinski definition) is 4. The predicted octanol–water partition coefficient (Wildman–Crippen LogP) is 2.69. The molecule has 27 heavy (non-hydrogen) atoms. The molecule has 1 N–H and O–H groups in total. The van der Waals surface area contributed by atoms with Gasteiger partial charge in [0.1, 0.15) is 6.04 Å². The Kier molecular flexibility index (Phi) is 5.64. The monoisotopic (exact) mass is 368 g/mol. The second kappa shape index (κ2) is 8.12. The largest absolute Gasteiger partial charge is 0.493 e. The van der Waals surface area contributed by atoms with Crippen molar-refractivity contribution in [2.45, 2.75) is 32.9 Å². The second-order valence-corrected chi connectivity index (χ2v) is 6.37. The highest BCUT2D eigenvalue weighted by atomic mass is 16.5. The maximum Gasteiger partial charge on any atom is 0.243 e. The molecule has 0 saturated carbocycles. The van der Waals surface area contributed by atoms with E-state index in [0.29, 0.717) is 31.1 Å². The van der Waals surface area contributed by atoms with Gasteiger partial charge in [0.15, 0.2) is 11.5 Å². The lowest BCUT2D eigenvalue weighted by Crippen LogP contribution is -2.47. The number of ether oxygens (including phenoxy) is 2. The molecule has 0 fully saturated rings. The Morgan fingerprint density at radius 1 is 1.19 bits per heavy atom. The Balaban J connectivity index is 1.70. The van der Waals surface area contributed by atoms with Gasteiger partial charge in [0.25, 0.3) is 0 Å². The first kappa shape index (κ1) is 18.8. The van der Waals surface area contributed by atoms with Crippen LogP contribution >= 0.6 is 0 Å². The lowest BCUT2D eigenvalue weighted by Gasteiger charge is -2.23. The van der Waals surface area contributed by atoms with Crippen molar-refractivity contribution in [2.24, 2.45) is 0 Å². The Labute approximate surface area is 159 Å². The topological polar surface area (TPSA) is 67.9 Å². The van der Waals surface area contributed by atoms with Crippen LogP contribution in [0.25, 0.3) is 0 Å². The predicted molar refractivity (Wildman–Crippen MR) is 103 cm³/mol. The number of rotatable bonds is 6. The van der Waals surface area contributed by atoms with Gasteiger partial charge in [0.2, 0.25) is 11.8 Å². The molecule has 0 aromatic heterocycles. The number of para-hydroxylation sites is 1. The molecule has 6 nitrogen and oxygen atoms in total. The highest BCUT2D eigenvalue weighted by molar-refractivity contribution is 6.02. The number of amides is 2. The molecule has 0 saturated heterocycles. The number of fused-ring (bicyclic) bond motifs is 1. The van der Waals surface area contributed by atoms with E-state index in [2.05, 4.69) is 5.32 Å². The van der Waals surface area contributed by atoms with Crippen molar-refractivity contribution in [1.82, 2.24) is 5.32 Å². The first-order valence-electron chi connectivity index (χ1n) is 9.00. The van der Waals surface area contributed by atoms with E-state index in [0.717, 1.165) is 16.8 Å². The number of carbonyl (C=O) groups is 2. The molecule has 2 amide bonds. The maximum absolute atomic E-state index is 12.8. The lowest BCUT2D eigenvalue weighted by molar-refractivity contribution is -0.125. The van der Waals surface area contributed by atoms with E-state index in [1.54, 1.807) is 12.0 Å². The summed E-state index contributed by atoms with van der Waals surface area (Å²) in [6.45, 7) is 4.30. The number of carbonyl (C=O) groups excluding carboxylic acids is 2. The molecular weight excluding hydrogens is 344 g/mol. The molecule has 1 atom stereocenters. The van der Waals surface area contributed by atoms with Crippen molar-refractivity contribution in [3.05, 3.63) is 53.6 Å². The van der Waals surface area contributed by atoms with E-state index in [1.165, 1.54) is 6.92 Å². The summed E-state index contributed by atoms with van der Waals surface area (Å²) in [6, 6.07) is 12.7. The minimum absolute atomic E-state index is 0.136. The molecule has 142 valence electrons. The third kappa shape index (κ3) is 3.89. The SMILES string of the molecule is CCOc1ccc(CNC(=O)C2Cc3ccccc3N2C(C)=O)cc1OC. The van der Waals surface area contributed by atoms with Gasteiger partial charge in [-0.25, -0.2) is 0 Å². The van der Waals surface area contributed by atoms with Gasteiger partial charge in [-0.1, -0.05) is 24.3 Å². The Hall–Kier alpha value is -3.02. The minimum Gasteiger partial charge on any atom is -0.493 e. The van der Waals surface area contributed by atoms with Crippen LogP contribution in [0.3, 0.4) is 0 Å². The molecule has 1 heterocycles. The summed E-state index contributed by atoms with van der Waals surface area (Å²) in [5.41, 5.74) is 2.72. The zero-order chi connectivity index (χ0) is 19.4. The third-order valence-electron chi connectivity index (χ3n) is 4.61. The lowest BCUT2D eigenvalue weighted by atomic mass is 10.1. The van der Waals surface area contributed by atoms with Gasteiger partial charge in [-0.2, -0.15) is 0 Å². The average Bonchev–Trinajstić information content (AvgIpc) is 3.07. The molecule has 0 bridgehead atoms. The summed E-state index contributed by atoms with van der Waals surface area (Å²) in [7, 11) is 1.58. The summed E-state index contributed by atoms with van der Waals surface area (Å²) < 4.78 is 10.9. The fourth-order valence-corrected chi connectivity index (χ4v) is 3.39. The quantitative estimate of drug-likeness (QED) is 0.851. The van der Waals surface area contributed by atoms with Crippen molar-refractivity contribution in [2.75, 3.05) is 18.6 Å². The number of nitrogens with zero attached hydrogens (tertiary/aromatic N) is 1. The summed E-state index contributed by atoms with van der Waals surface area (Å²) in [6.07, 6.45) is 0.522. The zero-order valence-corrected chi connectivity index (χ0v) is 15.8. The summed E-state index contributed by atoms with van der Waals surface area (Å²) in [5, 5.41) is 2.93. The van der Waals surface area contributed by atoms with Crippen LogP contribution < -0.4 is 19.7 Å². The smallest absolute Gasteiger partial charge is 0.243 e. The highest BCUT2D eigenvalue weighted by Crippen LogP contribution is 2.32. The fourth-order valence-electron chi connectivity index (χ4n) is 3.39. The number of methoxy groups -OCH3 is 1. The van der Waals surface area contributed by atoms with Crippen molar-refractivity contribution < 1.29 is 19.1 Å². The minimum atomic E-state index is -0.524. The number of benzene rings is 2. The van der Waals surface area contributed by atoms with Gasteiger partial charge in [0.05, 0.1) is 13.7 Å². The molecule has 0 radical (unpaired) electrons.